The minimum atomic E-state index is -0.540. The van der Waals surface area contributed by atoms with Crippen molar-refractivity contribution in [2.24, 2.45) is 11.1 Å². The summed E-state index contributed by atoms with van der Waals surface area (Å²) in [7, 11) is 0. The predicted molar refractivity (Wildman–Crippen MR) is 62.1 cm³/mol. The molecule has 1 fully saturated rings. The Labute approximate surface area is 94.6 Å². The van der Waals surface area contributed by atoms with Gasteiger partial charge < -0.3 is 5.73 Å². The van der Waals surface area contributed by atoms with E-state index in [0.717, 1.165) is 6.42 Å². The number of nitrogens with zero attached hydrogens (tertiary/aromatic N) is 1. The van der Waals surface area contributed by atoms with Crippen LogP contribution in [0.2, 0.25) is 0 Å². The summed E-state index contributed by atoms with van der Waals surface area (Å²) in [5.74, 6) is 0. The average molecular weight is 220 g/mol. The third-order valence-electron chi connectivity index (χ3n) is 3.70. The molecule has 4 nitrogen and oxygen atoms in total. The molecule has 0 radical (unpaired) electrons. The van der Waals surface area contributed by atoms with Crippen LogP contribution in [0.25, 0.3) is 0 Å². The Morgan fingerprint density at radius 3 is 2.44 bits per heavy atom. The van der Waals surface area contributed by atoms with E-state index in [9.17, 15) is 10.1 Å². The fourth-order valence-corrected chi connectivity index (χ4v) is 2.37. The van der Waals surface area contributed by atoms with Gasteiger partial charge >= 0.3 is 0 Å². The van der Waals surface area contributed by atoms with Gasteiger partial charge in [0.15, 0.2) is 0 Å². The van der Waals surface area contributed by atoms with Crippen molar-refractivity contribution in [2.75, 3.05) is 0 Å². The molecular weight excluding hydrogens is 204 g/mol. The third-order valence-corrected chi connectivity index (χ3v) is 3.70. The molecule has 0 bridgehead atoms. The Hall–Kier alpha value is -1.42. The van der Waals surface area contributed by atoms with E-state index in [1.807, 2.05) is 19.9 Å². The van der Waals surface area contributed by atoms with E-state index >= 15 is 0 Å². The minimum absolute atomic E-state index is 0.0500. The first-order valence-corrected chi connectivity index (χ1v) is 5.33. The van der Waals surface area contributed by atoms with Crippen LogP contribution in [0.1, 0.15) is 31.4 Å². The van der Waals surface area contributed by atoms with Gasteiger partial charge in [0.05, 0.1) is 16.0 Å². The number of benzene rings is 1. The number of hydrogen-bond donors (Lipinski definition) is 1. The van der Waals surface area contributed by atoms with Gasteiger partial charge in [-0.1, -0.05) is 32.0 Å². The maximum atomic E-state index is 11.1. The van der Waals surface area contributed by atoms with Crippen LogP contribution in [0.5, 0.6) is 0 Å². The first-order chi connectivity index (χ1) is 7.29. The first-order valence-electron chi connectivity index (χ1n) is 5.33. The van der Waals surface area contributed by atoms with Gasteiger partial charge in [0.1, 0.15) is 0 Å². The Kier molecular flexibility index (Phi) is 2.11. The van der Waals surface area contributed by atoms with Gasteiger partial charge in [0, 0.05) is 5.56 Å². The summed E-state index contributed by atoms with van der Waals surface area (Å²) < 4.78 is 0. The standard InChI is InChI=1S/C12H16N2O2/c1-8-5-4-6-9(10(8)14(15)16)12(13)7-11(12,2)3/h4-6H,7,13H2,1-3H3. The van der Waals surface area contributed by atoms with Crippen LogP contribution in [-0.4, -0.2) is 4.92 Å². The SMILES string of the molecule is Cc1cccc(C2(N)CC2(C)C)c1[N+](=O)[O-]. The maximum absolute atomic E-state index is 11.1. The van der Waals surface area contributed by atoms with Crippen LogP contribution in [-0.2, 0) is 5.54 Å². The molecule has 0 heterocycles. The van der Waals surface area contributed by atoms with Gasteiger partial charge in [-0.05, 0) is 18.8 Å². The second kappa shape index (κ2) is 3.04. The zero-order valence-corrected chi connectivity index (χ0v) is 9.78. The van der Waals surface area contributed by atoms with Crippen molar-refractivity contribution in [1.82, 2.24) is 0 Å². The molecule has 2 N–H and O–H groups in total. The molecule has 0 saturated heterocycles. The summed E-state index contributed by atoms with van der Waals surface area (Å²) in [5.41, 5.74) is 7.18. The van der Waals surface area contributed by atoms with Crippen LogP contribution in [0, 0.1) is 22.5 Å². The average Bonchev–Trinajstić information content (AvgIpc) is 2.66. The Morgan fingerprint density at radius 2 is 2.00 bits per heavy atom. The third kappa shape index (κ3) is 1.33. The van der Waals surface area contributed by atoms with Crippen molar-refractivity contribution in [3.05, 3.63) is 39.4 Å². The molecule has 0 aromatic heterocycles. The number of hydrogen-bond acceptors (Lipinski definition) is 3. The largest absolute Gasteiger partial charge is 0.321 e. The molecule has 0 amide bonds. The van der Waals surface area contributed by atoms with E-state index in [4.69, 9.17) is 5.73 Å². The minimum Gasteiger partial charge on any atom is -0.321 e. The van der Waals surface area contributed by atoms with Gasteiger partial charge in [-0.25, -0.2) is 0 Å². The lowest BCUT2D eigenvalue weighted by atomic mass is 9.94. The van der Waals surface area contributed by atoms with Crippen molar-refractivity contribution >= 4 is 5.69 Å². The topological polar surface area (TPSA) is 69.2 Å². The van der Waals surface area contributed by atoms with E-state index in [2.05, 4.69) is 0 Å². The fourth-order valence-electron chi connectivity index (χ4n) is 2.37. The number of para-hydroxylation sites is 1. The summed E-state index contributed by atoms with van der Waals surface area (Å²) in [6, 6.07) is 5.36. The van der Waals surface area contributed by atoms with Crippen LogP contribution < -0.4 is 5.73 Å². The van der Waals surface area contributed by atoms with Crippen molar-refractivity contribution in [2.45, 2.75) is 32.7 Å². The smallest absolute Gasteiger partial charge is 0.277 e. The molecule has 86 valence electrons. The molecule has 1 aromatic rings. The highest BCUT2D eigenvalue weighted by Gasteiger charge is 2.61. The van der Waals surface area contributed by atoms with E-state index in [1.165, 1.54) is 0 Å². The van der Waals surface area contributed by atoms with E-state index in [1.54, 1.807) is 19.1 Å². The summed E-state index contributed by atoms with van der Waals surface area (Å²) in [6.45, 7) is 5.83. The summed E-state index contributed by atoms with van der Waals surface area (Å²) in [5, 5.41) is 11.1. The lowest BCUT2D eigenvalue weighted by Gasteiger charge is -2.16. The lowest BCUT2D eigenvalue weighted by Crippen LogP contribution is -2.26. The van der Waals surface area contributed by atoms with Crippen LogP contribution >= 0.6 is 0 Å². The highest BCUT2D eigenvalue weighted by molar-refractivity contribution is 5.54. The second-order valence-electron chi connectivity index (χ2n) is 5.26. The molecule has 16 heavy (non-hydrogen) atoms. The normalized spacial score (nSPS) is 26.5. The molecule has 1 aromatic carbocycles. The van der Waals surface area contributed by atoms with E-state index in [0.29, 0.717) is 11.1 Å². The van der Waals surface area contributed by atoms with Crippen molar-refractivity contribution in [1.29, 1.82) is 0 Å². The number of nitrogens with two attached hydrogens (primary N) is 1. The quantitative estimate of drug-likeness (QED) is 0.615. The summed E-state index contributed by atoms with van der Waals surface area (Å²) in [4.78, 5) is 10.8. The zero-order valence-electron chi connectivity index (χ0n) is 9.78. The highest BCUT2D eigenvalue weighted by Crippen LogP contribution is 2.62. The first kappa shape index (κ1) is 11.1. The van der Waals surface area contributed by atoms with E-state index in [-0.39, 0.29) is 16.0 Å². The van der Waals surface area contributed by atoms with Crippen LogP contribution in [0.4, 0.5) is 5.69 Å². The Morgan fingerprint density at radius 1 is 1.44 bits per heavy atom. The van der Waals surface area contributed by atoms with Gasteiger partial charge in [0.25, 0.3) is 5.69 Å². The Balaban J connectivity index is 2.59. The van der Waals surface area contributed by atoms with Crippen molar-refractivity contribution in [3.8, 4) is 0 Å². The number of nitro groups is 1. The molecule has 1 saturated carbocycles. The molecule has 2 rings (SSSR count). The van der Waals surface area contributed by atoms with Crippen molar-refractivity contribution in [3.63, 3.8) is 0 Å². The number of rotatable bonds is 2. The van der Waals surface area contributed by atoms with Crippen molar-refractivity contribution < 1.29 is 4.92 Å². The Bertz CT molecular complexity index is 468. The molecule has 1 aliphatic rings. The lowest BCUT2D eigenvalue weighted by molar-refractivity contribution is -0.386. The molecule has 1 unspecified atom stereocenters. The van der Waals surface area contributed by atoms with Crippen LogP contribution in [0.15, 0.2) is 18.2 Å². The number of nitro benzene ring substituents is 1. The molecule has 1 atom stereocenters. The van der Waals surface area contributed by atoms with Gasteiger partial charge in [-0.2, -0.15) is 0 Å². The number of aryl methyl sites for hydroxylation is 1. The molecule has 0 aliphatic heterocycles. The molecule has 4 heteroatoms. The summed E-state index contributed by atoms with van der Waals surface area (Å²) in [6.07, 6.45) is 0.796. The fraction of sp³-hybridized carbons (Fsp3) is 0.500. The predicted octanol–water partition coefficient (Wildman–Crippen LogP) is 2.49. The monoisotopic (exact) mass is 220 g/mol. The maximum Gasteiger partial charge on any atom is 0.277 e. The van der Waals surface area contributed by atoms with Gasteiger partial charge in [-0.15, -0.1) is 0 Å². The zero-order chi connectivity index (χ0) is 12.1. The highest BCUT2D eigenvalue weighted by atomic mass is 16.6. The van der Waals surface area contributed by atoms with Gasteiger partial charge in [-0.3, -0.25) is 10.1 Å². The molecule has 0 spiro atoms. The summed E-state index contributed by atoms with van der Waals surface area (Å²) >= 11 is 0. The molecular formula is C12H16N2O2. The molecule has 1 aliphatic carbocycles. The van der Waals surface area contributed by atoms with E-state index < -0.39 is 5.54 Å². The second-order valence-corrected chi connectivity index (χ2v) is 5.26. The van der Waals surface area contributed by atoms with Gasteiger partial charge in [0.2, 0.25) is 0 Å². The van der Waals surface area contributed by atoms with Crippen LogP contribution in [0.3, 0.4) is 0 Å².